The third-order valence-electron chi connectivity index (χ3n) is 2.30. The number of aryl methyl sites for hydroxylation is 1. The summed E-state index contributed by atoms with van der Waals surface area (Å²) in [6.07, 6.45) is 0.201. The summed E-state index contributed by atoms with van der Waals surface area (Å²) >= 11 is 0. The van der Waals surface area contributed by atoms with Crippen LogP contribution in [0.3, 0.4) is 0 Å². The van der Waals surface area contributed by atoms with E-state index in [4.69, 9.17) is 0 Å². The second kappa shape index (κ2) is 5.30. The van der Waals surface area contributed by atoms with Crippen molar-refractivity contribution in [2.75, 3.05) is 7.11 Å². The summed E-state index contributed by atoms with van der Waals surface area (Å²) < 4.78 is 4.45. The first-order valence-corrected chi connectivity index (χ1v) is 4.94. The van der Waals surface area contributed by atoms with Gasteiger partial charge >= 0.3 is 5.97 Å². The number of carbonyl (C=O) groups excluding carboxylic acids is 2. The van der Waals surface area contributed by atoms with E-state index in [2.05, 4.69) is 4.74 Å². The SMILES string of the molecule is COC(=O)CCC(=O)c1ccc(O)c(C)c1. The number of aromatic hydroxyl groups is 1. The van der Waals surface area contributed by atoms with Crippen molar-refractivity contribution in [1.29, 1.82) is 0 Å². The summed E-state index contributed by atoms with van der Waals surface area (Å²) in [6.45, 7) is 1.71. The van der Waals surface area contributed by atoms with Gasteiger partial charge in [-0.1, -0.05) is 0 Å². The Kier molecular flexibility index (Phi) is 4.05. The molecule has 16 heavy (non-hydrogen) atoms. The topological polar surface area (TPSA) is 63.6 Å². The number of carbonyl (C=O) groups is 2. The van der Waals surface area contributed by atoms with E-state index in [1.54, 1.807) is 19.1 Å². The number of phenols is 1. The molecule has 0 aromatic heterocycles. The zero-order valence-corrected chi connectivity index (χ0v) is 9.32. The predicted molar refractivity (Wildman–Crippen MR) is 58.4 cm³/mol. The number of ether oxygens (including phenoxy) is 1. The number of rotatable bonds is 4. The summed E-state index contributed by atoms with van der Waals surface area (Å²) in [4.78, 5) is 22.5. The van der Waals surface area contributed by atoms with Gasteiger partial charge < -0.3 is 9.84 Å². The number of ketones is 1. The van der Waals surface area contributed by atoms with Gasteiger partial charge in [0.2, 0.25) is 0 Å². The quantitative estimate of drug-likeness (QED) is 0.623. The molecule has 0 heterocycles. The third-order valence-corrected chi connectivity index (χ3v) is 2.30. The lowest BCUT2D eigenvalue weighted by Crippen LogP contribution is -2.06. The van der Waals surface area contributed by atoms with Gasteiger partial charge in [0.05, 0.1) is 13.5 Å². The van der Waals surface area contributed by atoms with Crippen molar-refractivity contribution in [3.05, 3.63) is 29.3 Å². The van der Waals surface area contributed by atoms with Crippen LogP contribution in [0.2, 0.25) is 0 Å². The lowest BCUT2D eigenvalue weighted by molar-refractivity contribution is -0.140. The molecular weight excluding hydrogens is 208 g/mol. The monoisotopic (exact) mass is 222 g/mol. The van der Waals surface area contributed by atoms with E-state index in [-0.39, 0.29) is 24.4 Å². The molecule has 1 aromatic carbocycles. The first-order chi connectivity index (χ1) is 7.54. The van der Waals surface area contributed by atoms with Gasteiger partial charge in [-0.25, -0.2) is 0 Å². The molecule has 0 fully saturated rings. The molecule has 0 spiro atoms. The van der Waals surface area contributed by atoms with Gasteiger partial charge in [0.25, 0.3) is 0 Å². The van der Waals surface area contributed by atoms with E-state index in [0.29, 0.717) is 11.1 Å². The highest BCUT2D eigenvalue weighted by Gasteiger charge is 2.10. The van der Waals surface area contributed by atoms with Gasteiger partial charge in [-0.05, 0) is 30.7 Å². The van der Waals surface area contributed by atoms with Crippen LogP contribution in [-0.2, 0) is 9.53 Å². The van der Waals surface area contributed by atoms with Crippen LogP contribution in [0.15, 0.2) is 18.2 Å². The van der Waals surface area contributed by atoms with E-state index in [9.17, 15) is 14.7 Å². The van der Waals surface area contributed by atoms with Crippen molar-refractivity contribution in [1.82, 2.24) is 0 Å². The second-order valence-corrected chi connectivity index (χ2v) is 3.50. The Labute approximate surface area is 93.9 Å². The van der Waals surface area contributed by atoms with Gasteiger partial charge in [-0.2, -0.15) is 0 Å². The highest BCUT2D eigenvalue weighted by atomic mass is 16.5. The summed E-state index contributed by atoms with van der Waals surface area (Å²) in [5.74, 6) is -0.373. The van der Waals surface area contributed by atoms with Gasteiger partial charge in [-0.15, -0.1) is 0 Å². The van der Waals surface area contributed by atoms with Crippen LogP contribution in [0.4, 0.5) is 0 Å². The van der Waals surface area contributed by atoms with Crippen LogP contribution in [0.1, 0.15) is 28.8 Å². The van der Waals surface area contributed by atoms with Gasteiger partial charge in [0, 0.05) is 12.0 Å². The minimum Gasteiger partial charge on any atom is -0.508 e. The minimum absolute atomic E-state index is 0.0786. The number of hydrogen-bond donors (Lipinski definition) is 1. The minimum atomic E-state index is -0.399. The standard InChI is InChI=1S/C12H14O4/c1-8-7-9(3-4-10(8)13)11(14)5-6-12(15)16-2/h3-4,7,13H,5-6H2,1-2H3. The first kappa shape index (κ1) is 12.2. The highest BCUT2D eigenvalue weighted by Crippen LogP contribution is 2.18. The summed E-state index contributed by atoms with van der Waals surface area (Å²) in [5, 5.41) is 9.30. The Morgan fingerprint density at radius 2 is 2.00 bits per heavy atom. The first-order valence-electron chi connectivity index (χ1n) is 4.94. The van der Waals surface area contributed by atoms with Crippen LogP contribution in [0, 0.1) is 6.92 Å². The maximum absolute atomic E-state index is 11.6. The molecule has 4 heteroatoms. The number of esters is 1. The molecule has 0 atom stereocenters. The van der Waals surface area contributed by atoms with Gasteiger partial charge in [0.1, 0.15) is 5.75 Å². The maximum Gasteiger partial charge on any atom is 0.305 e. The molecule has 1 rings (SSSR count). The van der Waals surface area contributed by atoms with Crippen LogP contribution in [-0.4, -0.2) is 24.0 Å². The van der Waals surface area contributed by atoms with Crippen LogP contribution >= 0.6 is 0 Å². The van der Waals surface area contributed by atoms with Crippen LogP contribution in [0.25, 0.3) is 0 Å². The van der Waals surface area contributed by atoms with E-state index < -0.39 is 5.97 Å². The number of benzene rings is 1. The fourth-order valence-electron chi connectivity index (χ4n) is 1.29. The zero-order valence-electron chi connectivity index (χ0n) is 9.32. The fourth-order valence-corrected chi connectivity index (χ4v) is 1.29. The maximum atomic E-state index is 11.6. The normalized spacial score (nSPS) is 9.88. The molecule has 0 saturated carbocycles. The number of methoxy groups -OCH3 is 1. The lowest BCUT2D eigenvalue weighted by atomic mass is 10.0. The molecule has 4 nitrogen and oxygen atoms in total. The van der Waals surface area contributed by atoms with Crippen molar-refractivity contribution < 1.29 is 19.4 Å². The van der Waals surface area contributed by atoms with E-state index in [1.165, 1.54) is 13.2 Å². The van der Waals surface area contributed by atoms with E-state index in [1.807, 2.05) is 0 Å². The molecule has 0 radical (unpaired) electrons. The van der Waals surface area contributed by atoms with Crippen molar-refractivity contribution in [3.8, 4) is 5.75 Å². The predicted octanol–water partition coefficient (Wildman–Crippen LogP) is 1.84. The van der Waals surface area contributed by atoms with Crippen LogP contribution in [0.5, 0.6) is 5.75 Å². The second-order valence-electron chi connectivity index (χ2n) is 3.50. The number of hydrogen-bond acceptors (Lipinski definition) is 4. The molecule has 0 bridgehead atoms. The summed E-state index contributed by atoms with van der Waals surface area (Å²) in [6, 6.07) is 4.62. The zero-order chi connectivity index (χ0) is 12.1. The molecule has 0 aliphatic carbocycles. The van der Waals surface area contributed by atoms with Gasteiger partial charge in [0.15, 0.2) is 5.78 Å². The molecule has 0 saturated heterocycles. The molecule has 0 aliphatic rings. The molecule has 0 unspecified atom stereocenters. The number of Topliss-reactive ketones (excluding diaryl/α,β-unsaturated/α-hetero) is 1. The average Bonchev–Trinajstić information content (AvgIpc) is 2.29. The van der Waals surface area contributed by atoms with Crippen molar-refractivity contribution >= 4 is 11.8 Å². The summed E-state index contributed by atoms with van der Waals surface area (Å²) in [7, 11) is 1.29. The van der Waals surface area contributed by atoms with Crippen molar-refractivity contribution in [2.24, 2.45) is 0 Å². The van der Waals surface area contributed by atoms with Crippen molar-refractivity contribution in [3.63, 3.8) is 0 Å². The molecular formula is C12H14O4. The van der Waals surface area contributed by atoms with Crippen molar-refractivity contribution in [2.45, 2.75) is 19.8 Å². The van der Waals surface area contributed by atoms with Crippen LogP contribution < -0.4 is 0 Å². The molecule has 0 aliphatic heterocycles. The molecule has 1 aromatic rings. The average molecular weight is 222 g/mol. The van der Waals surface area contributed by atoms with Gasteiger partial charge in [-0.3, -0.25) is 9.59 Å². The fraction of sp³-hybridized carbons (Fsp3) is 0.333. The Bertz CT molecular complexity index is 409. The smallest absolute Gasteiger partial charge is 0.305 e. The molecule has 1 N–H and O–H groups in total. The Morgan fingerprint density at radius 1 is 1.31 bits per heavy atom. The Hall–Kier alpha value is -1.84. The Balaban J connectivity index is 2.66. The Morgan fingerprint density at radius 3 is 2.56 bits per heavy atom. The largest absolute Gasteiger partial charge is 0.508 e. The number of phenolic OH excluding ortho intramolecular Hbond substituents is 1. The lowest BCUT2D eigenvalue weighted by Gasteiger charge is -2.03. The van der Waals surface area contributed by atoms with E-state index >= 15 is 0 Å². The summed E-state index contributed by atoms with van der Waals surface area (Å²) in [5.41, 5.74) is 1.14. The third kappa shape index (κ3) is 3.08. The van der Waals surface area contributed by atoms with E-state index in [0.717, 1.165) is 0 Å². The molecule has 86 valence electrons. The molecule has 0 amide bonds. The highest BCUT2D eigenvalue weighted by molar-refractivity contribution is 5.97.